The van der Waals surface area contributed by atoms with Gasteiger partial charge in [0.15, 0.2) is 0 Å². The van der Waals surface area contributed by atoms with E-state index in [0.717, 1.165) is 16.7 Å². The molecule has 0 N–H and O–H groups in total. The summed E-state index contributed by atoms with van der Waals surface area (Å²) in [6, 6.07) is 9.52. The molecule has 0 fully saturated rings. The molecule has 3 heteroatoms. The molecule has 0 bridgehead atoms. The number of benzene rings is 1. The summed E-state index contributed by atoms with van der Waals surface area (Å²) in [6.45, 7) is 0. The van der Waals surface area contributed by atoms with Gasteiger partial charge in [0, 0.05) is 11.5 Å². The first kappa shape index (κ1) is 8.81. The van der Waals surface area contributed by atoms with E-state index >= 15 is 0 Å². The van der Waals surface area contributed by atoms with Crippen LogP contribution in [0.4, 0.5) is 0 Å². The Morgan fingerprint density at radius 3 is 2.57 bits per heavy atom. The first-order valence-electron chi connectivity index (χ1n) is 4.33. The molecule has 14 heavy (non-hydrogen) atoms. The van der Waals surface area contributed by atoms with E-state index < -0.39 is 0 Å². The number of hydrogen-bond acceptors (Lipinski definition) is 3. The quantitative estimate of drug-likeness (QED) is 0.726. The minimum absolute atomic E-state index is 0.616. The van der Waals surface area contributed by atoms with Crippen LogP contribution in [0.15, 0.2) is 30.3 Å². The third-order valence-corrected chi connectivity index (χ3v) is 2.10. The summed E-state index contributed by atoms with van der Waals surface area (Å²) in [6.07, 6.45) is 0. The van der Waals surface area contributed by atoms with Gasteiger partial charge in [-0.25, -0.2) is 4.98 Å². The lowest BCUT2D eigenvalue weighted by Crippen LogP contribution is -1.89. The topological polar surface area (TPSA) is 31.4 Å². The largest absolute Gasteiger partial charge is 0.496 e. The number of ether oxygens (including phenoxy) is 2. The van der Waals surface area contributed by atoms with E-state index in [1.807, 2.05) is 30.3 Å². The van der Waals surface area contributed by atoms with E-state index in [-0.39, 0.29) is 0 Å². The first-order valence-corrected chi connectivity index (χ1v) is 4.33. The van der Waals surface area contributed by atoms with Gasteiger partial charge in [0.05, 0.1) is 19.7 Å². The zero-order chi connectivity index (χ0) is 9.97. The third kappa shape index (κ3) is 1.37. The molecule has 0 aliphatic heterocycles. The molecule has 1 heterocycles. The summed E-state index contributed by atoms with van der Waals surface area (Å²) in [5.41, 5.74) is 0.878. The second-order valence-corrected chi connectivity index (χ2v) is 2.88. The molecule has 1 aromatic carbocycles. The number of methoxy groups -OCH3 is 2. The van der Waals surface area contributed by atoms with Crippen LogP contribution in [0.1, 0.15) is 0 Å². The lowest BCUT2D eigenvalue weighted by atomic mass is 10.2. The Hall–Kier alpha value is -1.77. The molecule has 0 unspecified atom stereocenters. The highest BCUT2D eigenvalue weighted by Gasteiger charge is 2.02. The molecule has 0 aliphatic rings. The van der Waals surface area contributed by atoms with Gasteiger partial charge in [-0.3, -0.25) is 0 Å². The minimum atomic E-state index is 0.616. The Morgan fingerprint density at radius 2 is 1.86 bits per heavy atom. The van der Waals surface area contributed by atoms with E-state index in [4.69, 9.17) is 9.47 Å². The van der Waals surface area contributed by atoms with Crippen molar-refractivity contribution in [2.45, 2.75) is 0 Å². The van der Waals surface area contributed by atoms with Gasteiger partial charge in [0.1, 0.15) is 5.75 Å². The van der Waals surface area contributed by atoms with Crippen molar-refractivity contribution in [3.8, 4) is 11.6 Å². The summed E-state index contributed by atoms with van der Waals surface area (Å²) < 4.78 is 10.3. The van der Waals surface area contributed by atoms with Crippen LogP contribution in [-0.2, 0) is 0 Å². The van der Waals surface area contributed by atoms with Gasteiger partial charge in [-0.1, -0.05) is 6.07 Å². The van der Waals surface area contributed by atoms with Crippen LogP contribution >= 0.6 is 0 Å². The van der Waals surface area contributed by atoms with Gasteiger partial charge in [0.25, 0.3) is 0 Å². The number of nitrogens with zero attached hydrogens (tertiary/aromatic N) is 1. The Balaban J connectivity index is 2.67. The molecule has 1 aromatic heterocycles. The van der Waals surface area contributed by atoms with Crippen molar-refractivity contribution >= 4 is 10.9 Å². The molecular formula is C11H11NO2. The molecule has 0 aliphatic carbocycles. The highest BCUT2D eigenvalue weighted by atomic mass is 16.5. The summed E-state index contributed by atoms with van der Waals surface area (Å²) in [5.74, 6) is 1.45. The normalized spacial score (nSPS) is 10.1. The Kier molecular flexibility index (Phi) is 2.23. The second-order valence-electron chi connectivity index (χ2n) is 2.88. The van der Waals surface area contributed by atoms with E-state index in [2.05, 4.69) is 4.98 Å². The van der Waals surface area contributed by atoms with Gasteiger partial charge in [-0.05, 0) is 18.2 Å². The van der Waals surface area contributed by atoms with E-state index in [0.29, 0.717) is 5.88 Å². The van der Waals surface area contributed by atoms with Crippen LogP contribution in [-0.4, -0.2) is 19.2 Å². The van der Waals surface area contributed by atoms with Crippen molar-refractivity contribution < 1.29 is 9.47 Å². The van der Waals surface area contributed by atoms with Crippen LogP contribution in [0.2, 0.25) is 0 Å². The summed E-state index contributed by atoms with van der Waals surface area (Å²) in [7, 11) is 3.26. The molecule has 3 nitrogen and oxygen atoms in total. The average molecular weight is 189 g/mol. The predicted octanol–water partition coefficient (Wildman–Crippen LogP) is 2.25. The van der Waals surface area contributed by atoms with Gasteiger partial charge in [0.2, 0.25) is 5.88 Å². The number of pyridine rings is 1. The zero-order valence-corrected chi connectivity index (χ0v) is 8.15. The Morgan fingerprint density at radius 1 is 1.00 bits per heavy atom. The number of rotatable bonds is 2. The third-order valence-electron chi connectivity index (χ3n) is 2.10. The van der Waals surface area contributed by atoms with E-state index in [9.17, 15) is 0 Å². The van der Waals surface area contributed by atoms with Crippen LogP contribution < -0.4 is 9.47 Å². The molecule has 0 radical (unpaired) electrons. The maximum Gasteiger partial charge on any atom is 0.213 e. The van der Waals surface area contributed by atoms with Crippen molar-refractivity contribution in [1.82, 2.24) is 4.98 Å². The van der Waals surface area contributed by atoms with Crippen LogP contribution in [0.3, 0.4) is 0 Å². The van der Waals surface area contributed by atoms with Crippen molar-refractivity contribution in [2.75, 3.05) is 14.2 Å². The molecule has 0 saturated carbocycles. The fourth-order valence-electron chi connectivity index (χ4n) is 1.40. The molecule has 0 amide bonds. The number of fused-ring (bicyclic) bond motifs is 1. The van der Waals surface area contributed by atoms with Gasteiger partial charge >= 0.3 is 0 Å². The van der Waals surface area contributed by atoms with Crippen LogP contribution in [0.25, 0.3) is 10.9 Å². The van der Waals surface area contributed by atoms with Crippen LogP contribution in [0.5, 0.6) is 11.6 Å². The summed E-state index contributed by atoms with van der Waals surface area (Å²) in [5, 5.41) is 0.996. The average Bonchev–Trinajstić information content (AvgIpc) is 2.27. The van der Waals surface area contributed by atoms with Crippen LogP contribution in [0, 0.1) is 0 Å². The van der Waals surface area contributed by atoms with Crippen molar-refractivity contribution in [3.63, 3.8) is 0 Å². The number of hydrogen-bond donors (Lipinski definition) is 0. The fraction of sp³-hybridized carbons (Fsp3) is 0.182. The molecule has 2 rings (SSSR count). The van der Waals surface area contributed by atoms with Gasteiger partial charge < -0.3 is 9.47 Å². The highest BCUT2D eigenvalue weighted by molar-refractivity contribution is 5.85. The standard InChI is InChI=1S/C11H11NO2/c1-13-10-5-3-4-9-8(10)6-7-11(12-9)14-2/h3-7H,1-2H3. The van der Waals surface area contributed by atoms with Crippen molar-refractivity contribution in [3.05, 3.63) is 30.3 Å². The molecule has 0 atom stereocenters. The highest BCUT2D eigenvalue weighted by Crippen LogP contribution is 2.25. The lowest BCUT2D eigenvalue weighted by molar-refractivity contribution is 0.399. The first-order chi connectivity index (χ1) is 6.85. The smallest absolute Gasteiger partial charge is 0.213 e. The van der Waals surface area contributed by atoms with Gasteiger partial charge in [-0.15, -0.1) is 0 Å². The molecule has 72 valence electrons. The fourth-order valence-corrected chi connectivity index (χ4v) is 1.40. The Bertz CT molecular complexity index is 454. The van der Waals surface area contributed by atoms with E-state index in [1.165, 1.54) is 0 Å². The summed E-state index contributed by atoms with van der Waals surface area (Å²) in [4.78, 5) is 4.30. The molecular weight excluding hydrogens is 178 g/mol. The van der Waals surface area contributed by atoms with E-state index in [1.54, 1.807) is 14.2 Å². The second kappa shape index (κ2) is 3.54. The zero-order valence-electron chi connectivity index (χ0n) is 8.15. The van der Waals surface area contributed by atoms with Crippen molar-refractivity contribution in [2.24, 2.45) is 0 Å². The lowest BCUT2D eigenvalue weighted by Gasteiger charge is -2.05. The molecule has 2 aromatic rings. The molecule has 0 spiro atoms. The predicted molar refractivity (Wildman–Crippen MR) is 54.8 cm³/mol. The SMILES string of the molecule is COc1ccc2c(OC)cccc2n1. The summed E-state index contributed by atoms with van der Waals surface area (Å²) >= 11 is 0. The van der Waals surface area contributed by atoms with Crippen molar-refractivity contribution in [1.29, 1.82) is 0 Å². The Labute approximate surface area is 82.3 Å². The maximum atomic E-state index is 5.22. The molecule has 0 saturated heterocycles. The minimum Gasteiger partial charge on any atom is -0.496 e. The monoisotopic (exact) mass is 189 g/mol. The number of aromatic nitrogens is 1. The maximum absolute atomic E-state index is 5.22. The van der Waals surface area contributed by atoms with Gasteiger partial charge in [-0.2, -0.15) is 0 Å².